The fourth-order valence-corrected chi connectivity index (χ4v) is 1.38. The number of hydrogen-bond acceptors (Lipinski definition) is 2. The number of halogens is 1. The quantitative estimate of drug-likeness (QED) is 0.619. The molecule has 80 valence electrons. The zero-order chi connectivity index (χ0) is 11.3. The minimum absolute atomic E-state index is 0.297. The van der Waals surface area contributed by atoms with Crippen LogP contribution in [-0.2, 0) is 4.74 Å². The summed E-state index contributed by atoms with van der Waals surface area (Å²) in [6.45, 7) is 4.26. The van der Waals surface area contributed by atoms with Gasteiger partial charge in [0.05, 0.1) is 5.56 Å². The molecular weight excluding hydrogens is 256 g/mol. The smallest absolute Gasteiger partial charge is 0.338 e. The summed E-state index contributed by atoms with van der Waals surface area (Å²) in [5, 5.41) is 0. The second kappa shape index (κ2) is 5.71. The first-order valence-electron chi connectivity index (χ1n) is 4.65. The van der Waals surface area contributed by atoms with Crippen molar-refractivity contribution in [2.75, 3.05) is 6.61 Å². The second-order valence-electron chi connectivity index (χ2n) is 3.39. The van der Waals surface area contributed by atoms with Crippen molar-refractivity contribution in [3.63, 3.8) is 0 Å². The van der Waals surface area contributed by atoms with Gasteiger partial charge in [0, 0.05) is 4.47 Å². The molecule has 0 N–H and O–H groups in total. The molecule has 0 saturated carbocycles. The third-order valence-corrected chi connectivity index (χ3v) is 2.26. The van der Waals surface area contributed by atoms with Crippen molar-refractivity contribution in [3.05, 3.63) is 46.0 Å². The summed E-state index contributed by atoms with van der Waals surface area (Å²) in [7, 11) is 0. The molecule has 3 heteroatoms. The first-order valence-corrected chi connectivity index (χ1v) is 5.45. The molecule has 0 unspecified atom stereocenters. The van der Waals surface area contributed by atoms with E-state index >= 15 is 0 Å². The summed E-state index contributed by atoms with van der Waals surface area (Å²) in [5.74, 6) is -0.297. The van der Waals surface area contributed by atoms with Gasteiger partial charge in [-0.3, -0.25) is 0 Å². The van der Waals surface area contributed by atoms with E-state index in [2.05, 4.69) is 15.9 Å². The van der Waals surface area contributed by atoms with Crippen molar-refractivity contribution in [1.82, 2.24) is 0 Å². The van der Waals surface area contributed by atoms with E-state index in [0.717, 1.165) is 10.0 Å². The van der Waals surface area contributed by atoms with Crippen LogP contribution in [0.1, 0.15) is 24.2 Å². The molecule has 0 heterocycles. The SMILES string of the molecule is CC(C)=CCOC(=O)c1cccc(Br)c1. The molecule has 0 amide bonds. The highest BCUT2D eigenvalue weighted by Crippen LogP contribution is 2.12. The van der Waals surface area contributed by atoms with Crippen LogP contribution in [0.4, 0.5) is 0 Å². The number of hydrogen-bond donors (Lipinski definition) is 0. The van der Waals surface area contributed by atoms with E-state index in [9.17, 15) is 4.79 Å². The predicted octanol–water partition coefficient (Wildman–Crippen LogP) is 3.57. The topological polar surface area (TPSA) is 26.3 Å². The number of esters is 1. The van der Waals surface area contributed by atoms with E-state index in [4.69, 9.17) is 4.74 Å². The van der Waals surface area contributed by atoms with Crippen molar-refractivity contribution in [1.29, 1.82) is 0 Å². The highest BCUT2D eigenvalue weighted by molar-refractivity contribution is 9.10. The van der Waals surface area contributed by atoms with Crippen LogP contribution in [-0.4, -0.2) is 12.6 Å². The molecule has 0 atom stereocenters. The van der Waals surface area contributed by atoms with Crippen LogP contribution in [0.25, 0.3) is 0 Å². The zero-order valence-corrected chi connectivity index (χ0v) is 10.4. The van der Waals surface area contributed by atoms with Gasteiger partial charge in [0.15, 0.2) is 0 Å². The second-order valence-corrected chi connectivity index (χ2v) is 4.31. The van der Waals surface area contributed by atoms with Crippen LogP contribution in [0.2, 0.25) is 0 Å². The Kier molecular flexibility index (Phi) is 4.56. The number of benzene rings is 1. The maximum absolute atomic E-state index is 11.5. The number of rotatable bonds is 3. The summed E-state index contributed by atoms with van der Waals surface area (Å²) >= 11 is 3.30. The summed E-state index contributed by atoms with van der Waals surface area (Å²) < 4.78 is 5.93. The van der Waals surface area contributed by atoms with E-state index in [1.165, 1.54) is 0 Å². The maximum atomic E-state index is 11.5. The Bertz CT molecular complexity index is 379. The standard InChI is InChI=1S/C12H13BrO2/c1-9(2)6-7-15-12(14)10-4-3-5-11(13)8-10/h3-6,8H,7H2,1-2H3. The highest BCUT2D eigenvalue weighted by Gasteiger charge is 2.05. The van der Waals surface area contributed by atoms with Gasteiger partial charge in [-0.15, -0.1) is 0 Å². The summed E-state index contributed by atoms with van der Waals surface area (Å²) in [6, 6.07) is 7.15. The van der Waals surface area contributed by atoms with Crippen molar-refractivity contribution in [2.24, 2.45) is 0 Å². The minimum Gasteiger partial charge on any atom is -0.458 e. The van der Waals surface area contributed by atoms with E-state index in [0.29, 0.717) is 12.2 Å². The molecule has 0 saturated heterocycles. The molecule has 1 rings (SSSR count). The molecule has 0 aliphatic heterocycles. The van der Waals surface area contributed by atoms with Crippen LogP contribution >= 0.6 is 15.9 Å². The van der Waals surface area contributed by atoms with Crippen LogP contribution in [0.3, 0.4) is 0 Å². The Morgan fingerprint density at radius 2 is 2.20 bits per heavy atom. The van der Waals surface area contributed by atoms with Crippen LogP contribution < -0.4 is 0 Å². The molecule has 0 fully saturated rings. The van der Waals surface area contributed by atoms with Crippen molar-refractivity contribution in [3.8, 4) is 0 Å². The number of ether oxygens (including phenoxy) is 1. The molecule has 0 radical (unpaired) electrons. The molecule has 2 nitrogen and oxygen atoms in total. The summed E-state index contributed by atoms with van der Waals surface area (Å²) in [4.78, 5) is 11.5. The van der Waals surface area contributed by atoms with Gasteiger partial charge >= 0.3 is 5.97 Å². The normalized spacial score (nSPS) is 9.53. The lowest BCUT2D eigenvalue weighted by Crippen LogP contribution is -2.05. The molecule has 1 aromatic carbocycles. The lowest BCUT2D eigenvalue weighted by molar-refractivity contribution is 0.0549. The lowest BCUT2D eigenvalue weighted by atomic mass is 10.2. The van der Waals surface area contributed by atoms with Crippen molar-refractivity contribution >= 4 is 21.9 Å². The number of carbonyl (C=O) groups is 1. The highest BCUT2D eigenvalue weighted by atomic mass is 79.9. The van der Waals surface area contributed by atoms with Gasteiger partial charge in [-0.2, -0.15) is 0 Å². The fraction of sp³-hybridized carbons (Fsp3) is 0.250. The van der Waals surface area contributed by atoms with Gasteiger partial charge in [-0.1, -0.05) is 27.6 Å². The monoisotopic (exact) mass is 268 g/mol. The molecule has 0 aliphatic rings. The van der Waals surface area contributed by atoms with Crippen LogP contribution in [0.15, 0.2) is 40.4 Å². The molecule has 0 bridgehead atoms. The Hall–Kier alpha value is -1.09. The molecule has 0 aromatic heterocycles. The minimum atomic E-state index is -0.297. The Labute approximate surface area is 98.1 Å². The zero-order valence-electron chi connectivity index (χ0n) is 8.79. The Morgan fingerprint density at radius 1 is 1.47 bits per heavy atom. The molecule has 15 heavy (non-hydrogen) atoms. The average Bonchev–Trinajstić information content (AvgIpc) is 2.17. The van der Waals surface area contributed by atoms with Gasteiger partial charge in [-0.05, 0) is 38.1 Å². The first-order chi connectivity index (χ1) is 7.09. The van der Waals surface area contributed by atoms with E-state index < -0.39 is 0 Å². The van der Waals surface area contributed by atoms with E-state index in [1.54, 1.807) is 12.1 Å². The summed E-state index contributed by atoms with van der Waals surface area (Å²) in [6.07, 6.45) is 1.87. The molecule has 0 spiro atoms. The molecular formula is C12H13BrO2. The van der Waals surface area contributed by atoms with Crippen LogP contribution in [0, 0.1) is 0 Å². The van der Waals surface area contributed by atoms with Crippen LogP contribution in [0.5, 0.6) is 0 Å². The van der Waals surface area contributed by atoms with E-state index in [-0.39, 0.29) is 5.97 Å². The third-order valence-electron chi connectivity index (χ3n) is 1.77. The van der Waals surface area contributed by atoms with E-state index in [1.807, 2.05) is 32.1 Å². The fourth-order valence-electron chi connectivity index (χ4n) is 0.983. The third kappa shape index (κ3) is 4.30. The van der Waals surface area contributed by atoms with Gasteiger partial charge in [-0.25, -0.2) is 4.79 Å². The number of allylic oxidation sites excluding steroid dienone is 1. The largest absolute Gasteiger partial charge is 0.458 e. The van der Waals surface area contributed by atoms with Crippen molar-refractivity contribution in [2.45, 2.75) is 13.8 Å². The molecule has 1 aromatic rings. The predicted molar refractivity (Wildman–Crippen MR) is 63.9 cm³/mol. The first kappa shape index (κ1) is 12.0. The van der Waals surface area contributed by atoms with Gasteiger partial charge in [0.25, 0.3) is 0 Å². The van der Waals surface area contributed by atoms with Gasteiger partial charge in [0.1, 0.15) is 6.61 Å². The average molecular weight is 269 g/mol. The maximum Gasteiger partial charge on any atom is 0.338 e. The van der Waals surface area contributed by atoms with Gasteiger partial charge < -0.3 is 4.74 Å². The lowest BCUT2D eigenvalue weighted by Gasteiger charge is -2.02. The number of carbonyl (C=O) groups excluding carboxylic acids is 1. The van der Waals surface area contributed by atoms with Gasteiger partial charge in [0.2, 0.25) is 0 Å². The Morgan fingerprint density at radius 3 is 2.80 bits per heavy atom. The molecule has 0 aliphatic carbocycles. The summed E-state index contributed by atoms with van der Waals surface area (Å²) in [5.41, 5.74) is 1.70. The van der Waals surface area contributed by atoms with Crippen molar-refractivity contribution < 1.29 is 9.53 Å². The Balaban J connectivity index is 2.58.